The van der Waals surface area contributed by atoms with Crippen LogP contribution in [0.2, 0.25) is 0 Å². The second-order valence-electron chi connectivity index (χ2n) is 5.75. The predicted molar refractivity (Wildman–Crippen MR) is 98.4 cm³/mol. The lowest BCUT2D eigenvalue weighted by molar-refractivity contribution is -0.131. The average Bonchev–Trinajstić information content (AvgIpc) is 2.66. The van der Waals surface area contributed by atoms with Gasteiger partial charge in [-0.25, -0.2) is 0 Å². The van der Waals surface area contributed by atoms with Gasteiger partial charge in [-0.2, -0.15) is 0 Å². The molecule has 1 amide bonds. The monoisotopic (exact) mass is 342 g/mol. The van der Waals surface area contributed by atoms with Gasteiger partial charge in [-0.05, 0) is 23.3 Å². The second-order valence-corrected chi connectivity index (χ2v) is 5.75. The van der Waals surface area contributed by atoms with Crippen LogP contribution in [-0.2, 0) is 22.6 Å². The number of benzene rings is 2. The smallest absolute Gasteiger partial charge is 0.237 e. The number of ether oxygens (including phenoxy) is 2. The van der Waals surface area contributed by atoms with Crippen LogP contribution in [0.1, 0.15) is 11.1 Å². The summed E-state index contributed by atoms with van der Waals surface area (Å²) in [6.45, 7) is 2.68. The van der Waals surface area contributed by atoms with Crippen LogP contribution in [0.4, 0.5) is 0 Å². The lowest BCUT2D eigenvalue weighted by Crippen LogP contribution is -2.38. The first-order valence-electron chi connectivity index (χ1n) is 8.37. The van der Waals surface area contributed by atoms with Crippen molar-refractivity contribution in [3.8, 4) is 5.75 Å². The van der Waals surface area contributed by atoms with E-state index in [2.05, 4.69) is 5.32 Å². The van der Waals surface area contributed by atoms with Crippen LogP contribution in [-0.4, -0.2) is 44.7 Å². The van der Waals surface area contributed by atoms with Crippen LogP contribution in [0.3, 0.4) is 0 Å². The first-order chi connectivity index (χ1) is 12.2. The fourth-order valence-corrected chi connectivity index (χ4v) is 2.47. The minimum absolute atomic E-state index is 0.0655. The van der Waals surface area contributed by atoms with E-state index >= 15 is 0 Å². The van der Waals surface area contributed by atoms with Gasteiger partial charge in [-0.3, -0.25) is 4.79 Å². The molecule has 0 aliphatic carbocycles. The summed E-state index contributed by atoms with van der Waals surface area (Å²) in [4.78, 5) is 14.5. The number of hydrogen-bond donors (Lipinski definition) is 1. The highest BCUT2D eigenvalue weighted by Crippen LogP contribution is 2.15. The third-order valence-electron chi connectivity index (χ3n) is 3.86. The molecule has 5 nitrogen and oxygen atoms in total. The van der Waals surface area contributed by atoms with Crippen molar-refractivity contribution < 1.29 is 14.3 Å². The number of rotatable bonds is 10. The van der Waals surface area contributed by atoms with Gasteiger partial charge in [0.2, 0.25) is 5.91 Å². The maximum absolute atomic E-state index is 12.6. The second kappa shape index (κ2) is 10.5. The van der Waals surface area contributed by atoms with Gasteiger partial charge in [0.05, 0.1) is 20.3 Å². The molecule has 0 aliphatic rings. The van der Waals surface area contributed by atoms with E-state index in [1.54, 1.807) is 14.2 Å². The van der Waals surface area contributed by atoms with E-state index in [1.807, 2.05) is 59.5 Å². The molecular formula is C20H26N2O3. The maximum Gasteiger partial charge on any atom is 0.237 e. The molecule has 0 bridgehead atoms. The van der Waals surface area contributed by atoms with Gasteiger partial charge in [0.1, 0.15) is 5.75 Å². The highest BCUT2D eigenvalue weighted by Gasteiger charge is 2.14. The molecule has 0 saturated carbocycles. The summed E-state index contributed by atoms with van der Waals surface area (Å²) in [6.07, 6.45) is 0. The van der Waals surface area contributed by atoms with E-state index in [0.717, 1.165) is 16.9 Å². The van der Waals surface area contributed by atoms with Crippen LogP contribution in [0.15, 0.2) is 54.6 Å². The van der Waals surface area contributed by atoms with E-state index in [9.17, 15) is 4.79 Å². The summed E-state index contributed by atoms with van der Waals surface area (Å²) in [5.74, 6) is 0.877. The maximum atomic E-state index is 12.6. The summed E-state index contributed by atoms with van der Waals surface area (Å²) in [5, 5.41) is 3.12. The SMILES string of the molecule is COCCNCC(=O)N(Cc1ccccc1)Cc1ccc(OC)cc1. The zero-order chi connectivity index (χ0) is 17.9. The highest BCUT2D eigenvalue weighted by atomic mass is 16.5. The van der Waals surface area contributed by atoms with Crippen LogP contribution in [0.25, 0.3) is 0 Å². The third kappa shape index (κ3) is 6.57. The van der Waals surface area contributed by atoms with Gasteiger partial charge in [-0.15, -0.1) is 0 Å². The Labute approximate surface area is 149 Å². The summed E-state index contributed by atoms with van der Waals surface area (Å²) in [6, 6.07) is 17.8. The Hall–Kier alpha value is -2.37. The van der Waals surface area contributed by atoms with Gasteiger partial charge >= 0.3 is 0 Å². The van der Waals surface area contributed by atoms with Crippen molar-refractivity contribution in [2.24, 2.45) is 0 Å². The molecule has 0 spiro atoms. The Kier molecular flexibility index (Phi) is 7.95. The van der Waals surface area contributed by atoms with Gasteiger partial charge in [0.15, 0.2) is 0 Å². The number of amides is 1. The van der Waals surface area contributed by atoms with Crippen molar-refractivity contribution in [2.45, 2.75) is 13.1 Å². The Morgan fingerprint density at radius 3 is 2.20 bits per heavy atom. The van der Waals surface area contributed by atoms with E-state index < -0.39 is 0 Å². The fourth-order valence-electron chi connectivity index (χ4n) is 2.47. The summed E-state index contributed by atoms with van der Waals surface area (Å²) in [5.41, 5.74) is 2.18. The Balaban J connectivity index is 2.03. The molecule has 0 saturated heterocycles. The number of carbonyl (C=O) groups is 1. The van der Waals surface area contributed by atoms with Crippen molar-refractivity contribution in [1.82, 2.24) is 10.2 Å². The predicted octanol–water partition coefficient (Wildman–Crippen LogP) is 2.46. The molecule has 0 atom stereocenters. The topological polar surface area (TPSA) is 50.8 Å². The van der Waals surface area contributed by atoms with Crippen LogP contribution in [0.5, 0.6) is 5.75 Å². The number of nitrogens with one attached hydrogen (secondary N) is 1. The largest absolute Gasteiger partial charge is 0.497 e. The molecule has 2 rings (SSSR count). The number of carbonyl (C=O) groups excluding carboxylic acids is 1. The fraction of sp³-hybridized carbons (Fsp3) is 0.350. The van der Waals surface area contributed by atoms with Crippen LogP contribution in [0, 0.1) is 0 Å². The Morgan fingerprint density at radius 1 is 0.960 bits per heavy atom. The van der Waals surface area contributed by atoms with Crippen molar-refractivity contribution in [3.63, 3.8) is 0 Å². The Morgan fingerprint density at radius 2 is 1.60 bits per heavy atom. The van der Waals surface area contributed by atoms with E-state index in [1.165, 1.54) is 0 Å². The molecular weight excluding hydrogens is 316 g/mol. The molecule has 2 aromatic rings. The molecule has 0 unspecified atom stereocenters. The number of methoxy groups -OCH3 is 2. The normalized spacial score (nSPS) is 10.5. The molecule has 0 heterocycles. The lowest BCUT2D eigenvalue weighted by atomic mass is 10.1. The summed E-state index contributed by atoms with van der Waals surface area (Å²) in [7, 11) is 3.29. The first-order valence-corrected chi connectivity index (χ1v) is 8.37. The van der Waals surface area contributed by atoms with Gasteiger partial charge in [-0.1, -0.05) is 42.5 Å². The van der Waals surface area contributed by atoms with E-state index in [0.29, 0.717) is 32.8 Å². The van der Waals surface area contributed by atoms with E-state index in [4.69, 9.17) is 9.47 Å². The third-order valence-corrected chi connectivity index (χ3v) is 3.86. The average molecular weight is 342 g/mol. The van der Waals surface area contributed by atoms with Crippen molar-refractivity contribution in [1.29, 1.82) is 0 Å². The summed E-state index contributed by atoms with van der Waals surface area (Å²) < 4.78 is 10.2. The molecule has 2 aromatic carbocycles. The molecule has 0 radical (unpaired) electrons. The minimum Gasteiger partial charge on any atom is -0.497 e. The van der Waals surface area contributed by atoms with Gasteiger partial charge in [0.25, 0.3) is 0 Å². The highest BCUT2D eigenvalue weighted by molar-refractivity contribution is 5.78. The van der Waals surface area contributed by atoms with Gasteiger partial charge < -0.3 is 19.7 Å². The molecule has 5 heteroatoms. The quantitative estimate of drug-likeness (QED) is 0.674. The molecule has 0 aliphatic heterocycles. The van der Waals surface area contributed by atoms with Crippen LogP contribution < -0.4 is 10.1 Å². The van der Waals surface area contributed by atoms with E-state index in [-0.39, 0.29) is 5.91 Å². The molecule has 0 fully saturated rings. The molecule has 1 N–H and O–H groups in total. The zero-order valence-corrected chi connectivity index (χ0v) is 14.9. The van der Waals surface area contributed by atoms with Crippen molar-refractivity contribution in [3.05, 3.63) is 65.7 Å². The molecule has 134 valence electrons. The lowest BCUT2D eigenvalue weighted by Gasteiger charge is -2.23. The van der Waals surface area contributed by atoms with Gasteiger partial charge in [0, 0.05) is 26.7 Å². The number of hydrogen-bond acceptors (Lipinski definition) is 4. The van der Waals surface area contributed by atoms with Crippen molar-refractivity contribution in [2.75, 3.05) is 33.9 Å². The number of nitrogens with zero attached hydrogens (tertiary/aromatic N) is 1. The van der Waals surface area contributed by atoms with Crippen LogP contribution >= 0.6 is 0 Å². The molecule has 25 heavy (non-hydrogen) atoms. The van der Waals surface area contributed by atoms with Crippen molar-refractivity contribution >= 4 is 5.91 Å². The summed E-state index contributed by atoms with van der Waals surface area (Å²) >= 11 is 0. The minimum atomic E-state index is 0.0655. The standard InChI is InChI=1S/C20H26N2O3/c1-24-13-12-21-14-20(23)22(15-17-6-4-3-5-7-17)16-18-8-10-19(25-2)11-9-18/h3-11,21H,12-16H2,1-2H3. The first kappa shape index (κ1) is 19.0. The zero-order valence-electron chi connectivity index (χ0n) is 14.9. The Bertz CT molecular complexity index is 629. The molecule has 0 aromatic heterocycles.